The molecule has 0 saturated heterocycles. The van der Waals surface area contributed by atoms with E-state index in [0.29, 0.717) is 0 Å². The molecular formula is C15H24N4. The minimum Gasteiger partial charge on any atom is -0.342 e. The van der Waals surface area contributed by atoms with E-state index in [9.17, 15) is 0 Å². The van der Waals surface area contributed by atoms with Gasteiger partial charge >= 0.3 is 0 Å². The van der Waals surface area contributed by atoms with Crippen LogP contribution in [0.1, 0.15) is 31.7 Å². The largest absolute Gasteiger partial charge is 0.342 e. The van der Waals surface area contributed by atoms with Crippen LogP contribution >= 0.6 is 0 Å². The third-order valence-corrected chi connectivity index (χ3v) is 3.42. The van der Waals surface area contributed by atoms with Crippen molar-refractivity contribution < 1.29 is 0 Å². The van der Waals surface area contributed by atoms with E-state index in [-0.39, 0.29) is 5.41 Å². The van der Waals surface area contributed by atoms with E-state index in [1.165, 1.54) is 5.56 Å². The smallest absolute Gasteiger partial charge is 0.104 e. The Labute approximate surface area is 114 Å². The lowest BCUT2D eigenvalue weighted by molar-refractivity contribution is 0.319. The molecule has 104 valence electrons. The molecule has 19 heavy (non-hydrogen) atoms. The number of H-pyrrole nitrogens is 1. The number of fused-ring (bicyclic) bond motifs is 1. The number of aromatic nitrogens is 2. The lowest BCUT2D eigenvalue weighted by Gasteiger charge is -2.24. The first kappa shape index (κ1) is 14.0. The average Bonchev–Trinajstić information content (AvgIpc) is 2.68. The molecule has 0 bridgehead atoms. The maximum atomic E-state index is 5.62. The average molecular weight is 260 g/mol. The van der Waals surface area contributed by atoms with Crippen LogP contribution < -0.4 is 11.1 Å². The summed E-state index contributed by atoms with van der Waals surface area (Å²) in [4.78, 5) is 7.68. The number of aryl methyl sites for hydroxylation is 1. The van der Waals surface area contributed by atoms with Crippen LogP contribution in [-0.4, -0.2) is 23.1 Å². The maximum Gasteiger partial charge on any atom is 0.104 e. The zero-order valence-electron chi connectivity index (χ0n) is 12.1. The first-order valence-corrected chi connectivity index (χ1v) is 6.86. The van der Waals surface area contributed by atoms with Crippen LogP contribution in [0.4, 0.5) is 0 Å². The molecule has 0 fully saturated rings. The Hall–Kier alpha value is -1.39. The molecule has 1 aromatic heterocycles. The van der Waals surface area contributed by atoms with E-state index < -0.39 is 0 Å². The maximum absolute atomic E-state index is 5.62. The highest BCUT2D eigenvalue weighted by atomic mass is 14.9. The Morgan fingerprint density at radius 1 is 1.37 bits per heavy atom. The normalized spacial score (nSPS) is 12.2. The molecule has 0 aliphatic heterocycles. The van der Waals surface area contributed by atoms with E-state index in [2.05, 4.69) is 47.3 Å². The first-order chi connectivity index (χ1) is 9.00. The molecule has 4 heteroatoms. The summed E-state index contributed by atoms with van der Waals surface area (Å²) in [6, 6.07) is 6.37. The lowest BCUT2D eigenvalue weighted by atomic mass is 9.89. The SMILES string of the molecule is Cc1nc2ccc(CNCC(C)(C)CCN)cc2[nH]1. The van der Waals surface area contributed by atoms with Crippen LogP contribution in [0.25, 0.3) is 11.0 Å². The second-order valence-electron chi connectivity index (χ2n) is 5.98. The minimum absolute atomic E-state index is 0.253. The van der Waals surface area contributed by atoms with E-state index in [4.69, 9.17) is 5.73 Å². The van der Waals surface area contributed by atoms with Gasteiger partial charge < -0.3 is 16.0 Å². The second kappa shape index (κ2) is 5.72. The van der Waals surface area contributed by atoms with Gasteiger partial charge in [-0.25, -0.2) is 4.98 Å². The molecule has 1 aromatic carbocycles. The fourth-order valence-electron chi connectivity index (χ4n) is 2.32. The van der Waals surface area contributed by atoms with E-state index in [0.717, 1.165) is 42.9 Å². The Morgan fingerprint density at radius 2 is 2.16 bits per heavy atom. The van der Waals surface area contributed by atoms with Crippen molar-refractivity contribution in [2.45, 2.75) is 33.7 Å². The van der Waals surface area contributed by atoms with Gasteiger partial charge in [-0.2, -0.15) is 0 Å². The van der Waals surface area contributed by atoms with Gasteiger partial charge in [0.1, 0.15) is 5.82 Å². The van der Waals surface area contributed by atoms with Gasteiger partial charge in [-0.05, 0) is 43.0 Å². The zero-order chi connectivity index (χ0) is 13.9. The van der Waals surface area contributed by atoms with Crippen molar-refractivity contribution >= 4 is 11.0 Å². The van der Waals surface area contributed by atoms with Crippen molar-refractivity contribution in [3.63, 3.8) is 0 Å². The van der Waals surface area contributed by atoms with Gasteiger partial charge in [-0.1, -0.05) is 19.9 Å². The molecule has 0 radical (unpaired) electrons. The molecule has 4 nitrogen and oxygen atoms in total. The molecule has 2 aromatic rings. The lowest BCUT2D eigenvalue weighted by Crippen LogP contribution is -2.30. The monoisotopic (exact) mass is 260 g/mol. The third-order valence-electron chi connectivity index (χ3n) is 3.42. The number of benzene rings is 1. The van der Waals surface area contributed by atoms with Crippen molar-refractivity contribution in [1.82, 2.24) is 15.3 Å². The van der Waals surface area contributed by atoms with Crippen molar-refractivity contribution in [2.75, 3.05) is 13.1 Å². The number of aromatic amines is 1. The molecule has 1 heterocycles. The molecule has 0 atom stereocenters. The van der Waals surface area contributed by atoms with Crippen molar-refractivity contribution in [3.05, 3.63) is 29.6 Å². The fraction of sp³-hybridized carbons (Fsp3) is 0.533. The third kappa shape index (κ3) is 3.78. The highest BCUT2D eigenvalue weighted by Gasteiger charge is 2.15. The summed E-state index contributed by atoms with van der Waals surface area (Å²) in [7, 11) is 0. The Balaban J connectivity index is 1.94. The zero-order valence-corrected chi connectivity index (χ0v) is 12.1. The summed E-state index contributed by atoms with van der Waals surface area (Å²) in [5.74, 6) is 0.962. The van der Waals surface area contributed by atoms with Gasteiger partial charge in [-0.15, -0.1) is 0 Å². The molecule has 0 aliphatic carbocycles. The number of imidazole rings is 1. The minimum atomic E-state index is 0.253. The Morgan fingerprint density at radius 3 is 2.89 bits per heavy atom. The predicted molar refractivity (Wildman–Crippen MR) is 80.0 cm³/mol. The molecule has 0 spiro atoms. The van der Waals surface area contributed by atoms with E-state index >= 15 is 0 Å². The highest BCUT2D eigenvalue weighted by Crippen LogP contribution is 2.18. The molecule has 0 unspecified atom stereocenters. The molecule has 0 saturated carbocycles. The summed E-state index contributed by atoms with van der Waals surface area (Å²) in [5.41, 5.74) is 9.30. The summed E-state index contributed by atoms with van der Waals surface area (Å²) < 4.78 is 0. The number of nitrogens with two attached hydrogens (primary N) is 1. The quantitative estimate of drug-likeness (QED) is 0.747. The van der Waals surface area contributed by atoms with Crippen LogP contribution in [0.2, 0.25) is 0 Å². The van der Waals surface area contributed by atoms with Crippen LogP contribution in [0.15, 0.2) is 18.2 Å². The Bertz CT molecular complexity index is 542. The number of nitrogens with one attached hydrogen (secondary N) is 2. The topological polar surface area (TPSA) is 66.7 Å². The summed E-state index contributed by atoms with van der Waals surface area (Å²) >= 11 is 0. The standard InChI is InChI=1S/C15H24N4/c1-11-18-13-5-4-12(8-14(13)19-11)9-17-10-15(2,3)6-7-16/h4-5,8,17H,6-7,9-10,16H2,1-3H3,(H,18,19). The second-order valence-corrected chi connectivity index (χ2v) is 5.98. The summed E-state index contributed by atoms with van der Waals surface area (Å²) in [6.07, 6.45) is 1.04. The number of hydrogen-bond acceptors (Lipinski definition) is 3. The van der Waals surface area contributed by atoms with Crippen molar-refractivity contribution in [3.8, 4) is 0 Å². The molecule has 4 N–H and O–H groups in total. The van der Waals surface area contributed by atoms with Crippen molar-refractivity contribution in [2.24, 2.45) is 11.1 Å². The van der Waals surface area contributed by atoms with Gasteiger partial charge in [0.2, 0.25) is 0 Å². The number of hydrogen-bond donors (Lipinski definition) is 3. The highest BCUT2D eigenvalue weighted by molar-refractivity contribution is 5.75. The molecule has 0 aliphatic rings. The first-order valence-electron chi connectivity index (χ1n) is 6.86. The van der Waals surface area contributed by atoms with Gasteiger partial charge in [-0.3, -0.25) is 0 Å². The summed E-state index contributed by atoms with van der Waals surface area (Å²) in [5, 5.41) is 3.51. The van der Waals surface area contributed by atoms with E-state index in [1.807, 2.05) is 6.92 Å². The van der Waals surface area contributed by atoms with Crippen LogP contribution in [0.5, 0.6) is 0 Å². The van der Waals surface area contributed by atoms with Crippen LogP contribution in [0, 0.1) is 12.3 Å². The van der Waals surface area contributed by atoms with Crippen LogP contribution in [-0.2, 0) is 6.54 Å². The number of rotatable bonds is 6. The van der Waals surface area contributed by atoms with Crippen LogP contribution in [0.3, 0.4) is 0 Å². The number of nitrogens with zero attached hydrogens (tertiary/aromatic N) is 1. The van der Waals surface area contributed by atoms with Gasteiger partial charge in [0.15, 0.2) is 0 Å². The van der Waals surface area contributed by atoms with Gasteiger partial charge in [0.05, 0.1) is 11.0 Å². The molecule has 2 rings (SSSR count). The van der Waals surface area contributed by atoms with Gasteiger partial charge in [0, 0.05) is 13.1 Å². The fourth-order valence-corrected chi connectivity index (χ4v) is 2.32. The molecule has 0 amide bonds. The molecular weight excluding hydrogens is 236 g/mol. The Kier molecular flexibility index (Phi) is 4.22. The van der Waals surface area contributed by atoms with E-state index in [1.54, 1.807) is 0 Å². The van der Waals surface area contributed by atoms with Crippen molar-refractivity contribution in [1.29, 1.82) is 0 Å². The van der Waals surface area contributed by atoms with Gasteiger partial charge in [0.25, 0.3) is 0 Å². The predicted octanol–water partition coefficient (Wildman–Crippen LogP) is 2.34. The summed E-state index contributed by atoms with van der Waals surface area (Å²) in [6.45, 7) is 9.07.